The average molecular weight is 188 g/mol. The Morgan fingerprint density at radius 3 is 2.33 bits per heavy atom. The van der Waals surface area contributed by atoms with Crippen molar-refractivity contribution in [3.05, 3.63) is 29.6 Å². The van der Waals surface area contributed by atoms with Gasteiger partial charge >= 0.3 is 0 Å². The third-order valence-corrected chi connectivity index (χ3v) is 2.67. The fraction of sp³-hybridized carbons (Fsp3) is 0.250. The predicted octanol–water partition coefficient (Wildman–Crippen LogP) is 1.54. The van der Waals surface area contributed by atoms with Gasteiger partial charge in [0.1, 0.15) is 5.82 Å². The van der Waals surface area contributed by atoms with Gasteiger partial charge in [0.2, 0.25) is 0 Å². The van der Waals surface area contributed by atoms with E-state index in [9.17, 15) is 12.8 Å². The van der Waals surface area contributed by atoms with Crippen molar-refractivity contribution in [3.63, 3.8) is 0 Å². The van der Waals surface area contributed by atoms with Gasteiger partial charge in [0.25, 0.3) is 0 Å². The molecule has 1 aromatic carbocycles. The molecule has 0 bridgehead atoms. The zero-order valence-corrected chi connectivity index (χ0v) is 7.65. The first-order valence-electron chi connectivity index (χ1n) is 3.37. The maximum atomic E-state index is 12.7. The summed E-state index contributed by atoms with van der Waals surface area (Å²) in [6.07, 6.45) is 1.10. The molecule has 0 atom stereocenters. The maximum absolute atomic E-state index is 12.7. The van der Waals surface area contributed by atoms with Crippen LogP contribution in [-0.2, 0) is 9.84 Å². The van der Waals surface area contributed by atoms with Crippen LogP contribution in [0.1, 0.15) is 5.56 Å². The van der Waals surface area contributed by atoms with E-state index in [1.807, 2.05) is 0 Å². The summed E-state index contributed by atoms with van der Waals surface area (Å²) in [6.45, 7) is 1.53. The van der Waals surface area contributed by atoms with Gasteiger partial charge in [0.05, 0.1) is 4.90 Å². The smallest absolute Gasteiger partial charge is 0.175 e. The second-order valence-corrected chi connectivity index (χ2v) is 4.70. The van der Waals surface area contributed by atoms with E-state index in [0.29, 0.717) is 5.56 Å². The first-order chi connectivity index (χ1) is 5.41. The Labute approximate surface area is 71.0 Å². The Kier molecular flexibility index (Phi) is 2.19. The Hall–Kier alpha value is -0.900. The number of halogens is 1. The molecule has 0 amide bonds. The maximum Gasteiger partial charge on any atom is 0.175 e. The first-order valence-corrected chi connectivity index (χ1v) is 5.26. The molecule has 0 aromatic heterocycles. The minimum absolute atomic E-state index is 0.154. The fourth-order valence-electron chi connectivity index (χ4n) is 0.848. The molecule has 0 aliphatic heterocycles. The van der Waals surface area contributed by atoms with Crippen LogP contribution in [0.5, 0.6) is 0 Å². The molecule has 12 heavy (non-hydrogen) atoms. The summed E-state index contributed by atoms with van der Waals surface area (Å²) in [4.78, 5) is 0.154. The molecular weight excluding hydrogens is 179 g/mol. The van der Waals surface area contributed by atoms with E-state index in [1.165, 1.54) is 19.1 Å². The van der Waals surface area contributed by atoms with Gasteiger partial charge in [-0.15, -0.1) is 0 Å². The van der Waals surface area contributed by atoms with Crippen LogP contribution in [0.4, 0.5) is 4.39 Å². The molecule has 0 saturated carbocycles. The first kappa shape index (κ1) is 9.19. The van der Waals surface area contributed by atoms with Crippen molar-refractivity contribution in [1.29, 1.82) is 0 Å². The molecule has 0 N–H and O–H groups in total. The van der Waals surface area contributed by atoms with E-state index in [1.54, 1.807) is 0 Å². The van der Waals surface area contributed by atoms with Crippen molar-refractivity contribution in [2.24, 2.45) is 0 Å². The highest BCUT2D eigenvalue weighted by Crippen LogP contribution is 2.13. The highest BCUT2D eigenvalue weighted by Gasteiger charge is 2.07. The lowest BCUT2D eigenvalue weighted by atomic mass is 10.2. The second kappa shape index (κ2) is 2.86. The van der Waals surface area contributed by atoms with Gasteiger partial charge in [-0.3, -0.25) is 0 Å². The molecule has 0 heterocycles. The fourth-order valence-corrected chi connectivity index (χ4v) is 1.55. The van der Waals surface area contributed by atoms with Gasteiger partial charge in [-0.25, -0.2) is 12.8 Å². The lowest BCUT2D eigenvalue weighted by Gasteiger charge is -1.99. The van der Waals surface area contributed by atoms with Crippen molar-refractivity contribution >= 4 is 9.84 Å². The van der Waals surface area contributed by atoms with E-state index >= 15 is 0 Å². The van der Waals surface area contributed by atoms with Crippen molar-refractivity contribution in [3.8, 4) is 0 Å². The molecule has 0 aliphatic rings. The number of hydrogen-bond acceptors (Lipinski definition) is 2. The lowest BCUT2D eigenvalue weighted by molar-refractivity contribution is 0.599. The zero-order valence-electron chi connectivity index (χ0n) is 6.83. The third kappa shape index (κ3) is 1.82. The summed E-state index contributed by atoms with van der Waals surface area (Å²) in [7, 11) is -3.21. The third-order valence-electron chi connectivity index (χ3n) is 1.56. The Morgan fingerprint density at radius 1 is 1.33 bits per heavy atom. The molecule has 1 aromatic rings. The number of aryl methyl sites for hydroxylation is 1. The Balaban J connectivity index is 3.33. The van der Waals surface area contributed by atoms with E-state index in [-0.39, 0.29) is 10.7 Å². The molecule has 0 saturated heterocycles. The number of rotatable bonds is 1. The van der Waals surface area contributed by atoms with Crippen molar-refractivity contribution < 1.29 is 12.8 Å². The summed E-state index contributed by atoms with van der Waals surface area (Å²) in [5.74, 6) is -0.387. The standard InChI is InChI=1S/C8H9FO2S/c1-6-5-7(12(2,10)11)3-4-8(6)9/h3-5H,1-2H3. The minimum Gasteiger partial charge on any atom is -0.224 e. The van der Waals surface area contributed by atoms with Crippen LogP contribution in [0.3, 0.4) is 0 Å². The van der Waals surface area contributed by atoms with Gasteiger partial charge in [0, 0.05) is 6.26 Å². The molecule has 0 unspecified atom stereocenters. The summed E-state index contributed by atoms with van der Waals surface area (Å²) in [6, 6.07) is 3.74. The summed E-state index contributed by atoms with van der Waals surface area (Å²) >= 11 is 0. The van der Waals surface area contributed by atoms with Crippen LogP contribution in [0, 0.1) is 12.7 Å². The molecule has 0 aliphatic carbocycles. The van der Waals surface area contributed by atoms with Crippen molar-refractivity contribution in [2.75, 3.05) is 6.26 Å². The van der Waals surface area contributed by atoms with Crippen LogP contribution in [-0.4, -0.2) is 14.7 Å². The second-order valence-electron chi connectivity index (χ2n) is 2.68. The van der Waals surface area contributed by atoms with Crippen molar-refractivity contribution in [2.45, 2.75) is 11.8 Å². The quantitative estimate of drug-likeness (QED) is 0.626. The highest BCUT2D eigenvalue weighted by molar-refractivity contribution is 7.90. The lowest BCUT2D eigenvalue weighted by Crippen LogP contribution is -1.97. The molecule has 0 fully saturated rings. The van der Waals surface area contributed by atoms with Gasteiger partial charge in [0.15, 0.2) is 9.84 Å². The van der Waals surface area contributed by atoms with Crippen molar-refractivity contribution in [1.82, 2.24) is 0 Å². The number of hydrogen-bond donors (Lipinski definition) is 0. The molecule has 1 rings (SSSR count). The molecule has 0 spiro atoms. The van der Waals surface area contributed by atoms with E-state index in [0.717, 1.165) is 12.3 Å². The monoisotopic (exact) mass is 188 g/mol. The van der Waals surface area contributed by atoms with E-state index < -0.39 is 9.84 Å². The summed E-state index contributed by atoms with van der Waals surface area (Å²) < 4.78 is 34.6. The highest BCUT2D eigenvalue weighted by atomic mass is 32.2. The summed E-state index contributed by atoms with van der Waals surface area (Å²) in [5.41, 5.74) is 0.345. The molecular formula is C8H9FO2S. The molecule has 0 radical (unpaired) electrons. The summed E-state index contributed by atoms with van der Waals surface area (Å²) in [5, 5.41) is 0. The van der Waals surface area contributed by atoms with Crippen LogP contribution in [0.25, 0.3) is 0 Å². The molecule has 4 heteroatoms. The van der Waals surface area contributed by atoms with Crippen LogP contribution in [0.2, 0.25) is 0 Å². The largest absolute Gasteiger partial charge is 0.224 e. The Bertz CT molecular complexity index is 396. The molecule has 66 valence electrons. The van der Waals surface area contributed by atoms with Crippen LogP contribution >= 0.6 is 0 Å². The number of sulfone groups is 1. The van der Waals surface area contributed by atoms with Crippen LogP contribution < -0.4 is 0 Å². The van der Waals surface area contributed by atoms with Gasteiger partial charge in [-0.05, 0) is 30.7 Å². The van der Waals surface area contributed by atoms with Gasteiger partial charge in [-0.2, -0.15) is 0 Å². The minimum atomic E-state index is -3.21. The predicted molar refractivity (Wildman–Crippen MR) is 44.2 cm³/mol. The molecule has 2 nitrogen and oxygen atoms in total. The Morgan fingerprint density at radius 2 is 1.92 bits per heavy atom. The van der Waals surface area contributed by atoms with Gasteiger partial charge < -0.3 is 0 Å². The van der Waals surface area contributed by atoms with E-state index in [4.69, 9.17) is 0 Å². The normalized spacial score (nSPS) is 11.6. The SMILES string of the molecule is Cc1cc(S(C)(=O)=O)ccc1F. The topological polar surface area (TPSA) is 34.1 Å². The van der Waals surface area contributed by atoms with Gasteiger partial charge in [-0.1, -0.05) is 0 Å². The average Bonchev–Trinajstić information content (AvgIpc) is 1.92. The van der Waals surface area contributed by atoms with Crippen LogP contribution in [0.15, 0.2) is 23.1 Å². The van der Waals surface area contributed by atoms with E-state index in [2.05, 4.69) is 0 Å². The number of benzene rings is 1. The zero-order chi connectivity index (χ0) is 9.35.